The molecule has 0 aliphatic rings. The number of amides is 2. The van der Waals surface area contributed by atoms with Crippen molar-refractivity contribution in [3.63, 3.8) is 0 Å². The number of rotatable bonds is 6. The Morgan fingerprint density at radius 2 is 1.86 bits per heavy atom. The Morgan fingerprint density at radius 1 is 1.29 bits per heavy atom. The van der Waals surface area contributed by atoms with Gasteiger partial charge in [-0.1, -0.05) is 0 Å². The highest BCUT2D eigenvalue weighted by molar-refractivity contribution is 5.78. The number of nitrogens with one attached hydrogen (secondary N) is 2. The van der Waals surface area contributed by atoms with Gasteiger partial charge in [-0.25, -0.2) is 0 Å². The van der Waals surface area contributed by atoms with E-state index in [1.807, 2.05) is 0 Å². The van der Waals surface area contributed by atoms with Crippen LogP contribution in [0, 0.1) is 11.3 Å². The van der Waals surface area contributed by atoms with Crippen molar-refractivity contribution in [3.05, 3.63) is 0 Å². The van der Waals surface area contributed by atoms with Crippen molar-refractivity contribution in [3.8, 4) is 6.07 Å². The lowest BCUT2D eigenvalue weighted by Crippen LogP contribution is -2.35. The highest BCUT2D eigenvalue weighted by Crippen LogP contribution is 1.74. The third-order valence-corrected chi connectivity index (χ3v) is 1.28. The van der Waals surface area contributed by atoms with Gasteiger partial charge in [-0.3, -0.25) is 9.59 Å². The lowest BCUT2D eigenvalue weighted by molar-refractivity contribution is -0.125. The minimum Gasteiger partial charge on any atom is -0.375 e. The molecule has 0 aromatic heterocycles. The molecule has 2 N–H and O–H groups in total. The summed E-state index contributed by atoms with van der Waals surface area (Å²) in [6, 6.07) is 1.72. The molecule has 0 saturated heterocycles. The van der Waals surface area contributed by atoms with Gasteiger partial charge in [0.2, 0.25) is 11.8 Å². The van der Waals surface area contributed by atoms with Crippen LogP contribution in [0.4, 0.5) is 0 Å². The summed E-state index contributed by atoms with van der Waals surface area (Å²) < 4.78 is 4.58. The van der Waals surface area contributed by atoms with Crippen LogP contribution in [0.25, 0.3) is 0 Å². The van der Waals surface area contributed by atoms with Gasteiger partial charge in [0, 0.05) is 20.2 Å². The Labute approximate surface area is 82.2 Å². The molecule has 0 bridgehead atoms. The normalized spacial score (nSPS) is 8.86. The summed E-state index contributed by atoms with van der Waals surface area (Å²) in [5.74, 6) is -0.574. The number of methoxy groups -OCH3 is 1. The molecular formula is C8H13N3O3. The lowest BCUT2D eigenvalue weighted by Gasteiger charge is -2.04. The van der Waals surface area contributed by atoms with Gasteiger partial charge in [-0.05, 0) is 0 Å². The summed E-state index contributed by atoms with van der Waals surface area (Å²) in [6.07, 6.45) is -0.161. The quantitative estimate of drug-likeness (QED) is 0.524. The fourth-order valence-corrected chi connectivity index (χ4v) is 0.720. The number of hydrogen-bond acceptors (Lipinski definition) is 4. The van der Waals surface area contributed by atoms with Crippen LogP contribution in [0.3, 0.4) is 0 Å². The molecule has 2 amide bonds. The van der Waals surface area contributed by atoms with E-state index in [0.29, 0.717) is 13.1 Å². The Kier molecular flexibility index (Phi) is 7.09. The molecule has 0 fully saturated rings. The number of carbonyl (C=O) groups excluding carboxylic acids is 2. The van der Waals surface area contributed by atoms with Crippen molar-refractivity contribution in [1.82, 2.24) is 10.6 Å². The molecule has 0 unspecified atom stereocenters. The summed E-state index contributed by atoms with van der Waals surface area (Å²) in [7, 11) is 1.42. The Balaban J connectivity index is 3.34. The minimum atomic E-state index is -0.339. The van der Waals surface area contributed by atoms with Gasteiger partial charge >= 0.3 is 0 Å². The molecule has 0 aromatic carbocycles. The summed E-state index contributed by atoms with van der Waals surface area (Å²) in [5, 5.41) is 13.1. The van der Waals surface area contributed by atoms with Crippen molar-refractivity contribution in [1.29, 1.82) is 5.26 Å². The second kappa shape index (κ2) is 8.01. The van der Waals surface area contributed by atoms with E-state index in [1.54, 1.807) is 6.07 Å². The molecule has 0 aromatic rings. The number of ether oxygens (including phenoxy) is 1. The zero-order valence-corrected chi connectivity index (χ0v) is 8.00. The smallest absolute Gasteiger partial charge is 0.246 e. The van der Waals surface area contributed by atoms with E-state index in [-0.39, 0.29) is 24.8 Å². The van der Waals surface area contributed by atoms with Gasteiger partial charge in [0.1, 0.15) is 13.0 Å². The molecule has 6 heteroatoms. The molecule has 0 heterocycles. The van der Waals surface area contributed by atoms with Crippen molar-refractivity contribution in [2.45, 2.75) is 6.42 Å². The number of nitrogens with zero attached hydrogens (tertiary/aromatic N) is 1. The van der Waals surface area contributed by atoms with Crippen LogP contribution in [-0.2, 0) is 14.3 Å². The van der Waals surface area contributed by atoms with Gasteiger partial charge in [-0.15, -0.1) is 0 Å². The van der Waals surface area contributed by atoms with Crippen molar-refractivity contribution in [2.75, 3.05) is 26.8 Å². The topological polar surface area (TPSA) is 91.2 Å². The first-order chi connectivity index (χ1) is 6.70. The molecule has 0 saturated carbocycles. The van der Waals surface area contributed by atoms with E-state index in [9.17, 15) is 9.59 Å². The maximum atomic E-state index is 10.8. The van der Waals surface area contributed by atoms with Crippen LogP contribution in [0.2, 0.25) is 0 Å². The zero-order valence-electron chi connectivity index (χ0n) is 8.00. The average molecular weight is 199 g/mol. The van der Waals surface area contributed by atoms with Crippen LogP contribution < -0.4 is 10.6 Å². The standard InChI is InChI=1S/C8H13N3O3/c1-14-6-8(13)11-5-4-10-7(12)2-3-9/h2,4-6H2,1H3,(H,10,12)(H,11,13). The molecule has 0 spiro atoms. The van der Waals surface area contributed by atoms with Crippen LogP contribution in [-0.4, -0.2) is 38.6 Å². The molecular weight excluding hydrogens is 186 g/mol. The zero-order chi connectivity index (χ0) is 10.8. The highest BCUT2D eigenvalue weighted by Gasteiger charge is 2.00. The first kappa shape index (κ1) is 12.4. The Hall–Kier alpha value is -1.61. The average Bonchev–Trinajstić information content (AvgIpc) is 2.13. The second-order valence-corrected chi connectivity index (χ2v) is 2.47. The van der Waals surface area contributed by atoms with E-state index in [4.69, 9.17) is 5.26 Å². The van der Waals surface area contributed by atoms with E-state index >= 15 is 0 Å². The molecule has 0 radical (unpaired) electrons. The predicted octanol–water partition coefficient (Wildman–Crippen LogP) is -1.22. The Morgan fingerprint density at radius 3 is 2.36 bits per heavy atom. The summed E-state index contributed by atoms with van der Waals surface area (Å²) >= 11 is 0. The third-order valence-electron chi connectivity index (χ3n) is 1.28. The van der Waals surface area contributed by atoms with E-state index < -0.39 is 0 Å². The SMILES string of the molecule is COCC(=O)NCCNC(=O)CC#N. The maximum absolute atomic E-state index is 10.8. The number of hydrogen-bond donors (Lipinski definition) is 2. The fraction of sp³-hybridized carbons (Fsp3) is 0.625. The summed E-state index contributed by atoms with van der Waals surface area (Å²) in [4.78, 5) is 21.6. The van der Waals surface area contributed by atoms with Gasteiger partial charge < -0.3 is 15.4 Å². The van der Waals surface area contributed by atoms with Crippen LogP contribution in [0.1, 0.15) is 6.42 Å². The molecule has 14 heavy (non-hydrogen) atoms. The van der Waals surface area contributed by atoms with Crippen LogP contribution in [0.15, 0.2) is 0 Å². The molecule has 0 atom stereocenters. The molecule has 0 aliphatic carbocycles. The minimum absolute atomic E-state index is 0.00609. The van der Waals surface area contributed by atoms with Gasteiger partial charge in [0.25, 0.3) is 0 Å². The molecule has 78 valence electrons. The fourth-order valence-electron chi connectivity index (χ4n) is 0.720. The largest absolute Gasteiger partial charge is 0.375 e. The molecule has 0 aliphatic heterocycles. The predicted molar refractivity (Wildman–Crippen MR) is 48.1 cm³/mol. The van der Waals surface area contributed by atoms with Crippen molar-refractivity contribution >= 4 is 11.8 Å². The molecule has 0 rings (SSSR count). The number of nitriles is 1. The third kappa shape index (κ3) is 7.06. The van der Waals surface area contributed by atoms with E-state index in [1.165, 1.54) is 7.11 Å². The van der Waals surface area contributed by atoms with Gasteiger partial charge in [0.05, 0.1) is 6.07 Å². The van der Waals surface area contributed by atoms with Crippen molar-refractivity contribution in [2.24, 2.45) is 0 Å². The van der Waals surface area contributed by atoms with Gasteiger partial charge in [0.15, 0.2) is 0 Å². The van der Waals surface area contributed by atoms with E-state index in [0.717, 1.165) is 0 Å². The lowest BCUT2D eigenvalue weighted by atomic mass is 10.4. The van der Waals surface area contributed by atoms with E-state index in [2.05, 4.69) is 15.4 Å². The monoisotopic (exact) mass is 199 g/mol. The second-order valence-electron chi connectivity index (χ2n) is 2.47. The first-order valence-corrected chi connectivity index (χ1v) is 4.10. The highest BCUT2D eigenvalue weighted by atomic mass is 16.5. The van der Waals surface area contributed by atoms with Crippen LogP contribution >= 0.6 is 0 Å². The summed E-state index contributed by atoms with van der Waals surface area (Å²) in [6.45, 7) is 0.654. The molecule has 6 nitrogen and oxygen atoms in total. The van der Waals surface area contributed by atoms with Crippen LogP contribution in [0.5, 0.6) is 0 Å². The van der Waals surface area contributed by atoms with Crippen molar-refractivity contribution < 1.29 is 14.3 Å². The Bertz CT molecular complexity index is 234. The number of carbonyl (C=O) groups is 2. The maximum Gasteiger partial charge on any atom is 0.246 e. The first-order valence-electron chi connectivity index (χ1n) is 4.10. The van der Waals surface area contributed by atoms with Gasteiger partial charge in [-0.2, -0.15) is 5.26 Å². The summed E-state index contributed by atoms with van der Waals surface area (Å²) in [5.41, 5.74) is 0.